The van der Waals surface area contributed by atoms with E-state index in [2.05, 4.69) is 0 Å². The number of hydrogen-bond acceptors (Lipinski definition) is 6. The van der Waals surface area contributed by atoms with Crippen LogP contribution in [0.15, 0.2) is 23.1 Å². The summed E-state index contributed by atoms with van der Waals surface area (Å²) in [6.45, 7) is 1.59. The van der Waals surface area contributed by atoms with Crippen LogP contribution < -0.4 is 5.73 Å². The summed E-state index contributed by atoms with van der Waals surface area (Å²) in [5, 5.41) is 19.2. The number of nitro benzene ring substituents is 1. The highest BCUT2D eigenvalue weighted by molar-refractivity contribution is 7.89. The van der Waals surface area contributed by atoms with E-state index in [9.17, 15) is 18.5 Å². The molecule has 0 radical (unpaired) electrons. The van der Waals surface area contributed by atoms with E-state index in [4.69, 9.17) is 11.0 Å². The van der Waals surface area contributed by atoms with Gasteiger partial charge in [-0.15, -0.1) is 0 Å². The molecule has 108 valence electrons. The first-order chi connectivity index (χ1) is 9.21. The maximum Gasteiger partial charge on any atom is 0.271 e. The summed E-state index contributed by atoms with van der Waals surface area (Å²) in [5.74, 6) is 0. The van der Waals surface area contributed by atoms with Crippen molar-refractivity contribution in [2.45, 2.75) is 24.3 Å². The Morgan fingerprint density at radius 3 is 2.60 bits per heavy atom. The first kappa shape index (κ1) is 15.9. The number of nitrogen functional groups attached to an aromatic ring is 1. The number of nitro groups is 1. The molecular weight excluding hydrogens is 284 g/mol. The Morgan fingerprint density at radius 2 is 2.15 bits per heavy atom. The third-order valence-electron chi connectivity index (χ3n) is 2.87. The van der Waals surface area contributed by atoms with Crippen molar-refractivity contribution >= 4 is 21.4 Å². The van der Waals surface area contributed by atoms with Crippen molar-refractivity contribution in [3.8, 4) is 6.07 Å². The van der Waals surface area contributed by atoms with Crippen molar-refractivity contribution in [3.05, 3.63) is 28.3 Å². The lowest BCUT2D eigenvalue weighted by Crippen LogP contribution is -2.35. The normalized spacial score (nSPS) is 12.9. The highest BCUT2D eigenvalue weighted by Crippen LogP contribution is 2.27. The highest BCUT2D eigenvalue weighted by atomic mass is 32.2. The second kappa shape index (κ2) is 5.85. The Hall–Kier alpha value is -2.18. The summed E-state index contributed by atoms with van der Waals surface area (Å²) in [6, 6.07) is 4.52. The second-order valence-corrected chi connectivity index (χ2v) is 6.18. The molecule has 0 spiro atoms. The number of hydrogen-bond donors (Lipinski definition) is 1. The van der Waals surface area contributed by atoms with E-state index in [1.807, 2.05) is 6.07 Å². The van der Waals surface area contributed by atoms with Crippen LogP contribution in [0.4, 0.5) is 11.4 Å². The average Bonchev–Trinajstić information content (AvgIpc) is 2.37. The van der Waals surface area contributed by atoms with Gasteiger partial charge in [0.15, 0.2) is 0 Å². The molecule has 1 atom stereocenters. The quantitative estimate of drug-likeness (QED) is 0.492. The Morgan fingerprint density at radius 1 is 1.55 bits per heavy atom. The van der Waals surface area contributed by atoms with Crippen molar-refractivity contribution in [3.63, 3.8) is 0 Å². The van der Waals surface area contributed by atoms with Crippen LogP contribution in [0.5, 0.6) is 0 Å². The number of nitrogens with zero attached hydrogens (tertiary/aromatic N) is 3. The molecule has 0 aliphatic carbocycles. The largest absolute Gasteiger partial charge is 0.397 e. The lowest BCUT2D eigenvalue weighted by atomic mass is 10.3. The highest BCUT2D eigenvalue weighted by Gasteiger charge is 2.28. The predicted octanol–water partition coefficient (Wildman–Crippen LogP) is 1.10. The number of nitrogens with two attached hydrogens (primary N) is 1. The van der Waals surface area contributed by atoms with Gasteiger partial charge in [0.1, 0.15) is 4.90 Å². The molecule has 0 fully saturated rings. The smallest absolute Gasteiger partial charge is 0.271 e. The van der Waals surface area contributed by atoms with E-state index in [-0.39, 0.29) is 22.7 Å². The monoisotopic (exact) mass is 298 g/mol. The number of benzene rings is 1. The number of nitriles is 1. The van der Waals surface area contributed by atoms with E-state index in [1.165, 1.54) is 7.05 Å². The summed E-state index contributed by atoms with van der Waals surface area (Å²) in [4.78, 5) is 9.72. The van der Waals surface area contributed by atoms with E-state index in [0.717, 1.165) is 22.5 Å². The van der Waals surface area contributed by atoms with E-state index < -0.39 is 21.0 Å². The van der Waals surface area contributed by atoms with Gasteiger partial charge in [0.2, 0.25) is 10.0 Å². The van der Waals surface area contributed by atoms with Crippen molar-refractivity contribution in [2.24, 2.45) is 0 Å². The standard InChI is InChI=1S/C11H14N4O4S/c1-8(5-6-12)14(2)20(18,19)11-4-3-9(15(16)17)7-10(11)13/h3-4,7-8H,5,13H2,1-2H3. The summed E-state index contributed by atoms with van der Waals surface area (Å²) in [6.07, 6.45) is 0.0304. The van der Waals surface area contributed by atoms with Crippen LogP contribution in [0, 0.1) is 21.4 Å². The molecule has 0 saturated heterocycles. The van der Waals surface area contributed by atoms with E-state index in [1.54, 1.807) is 6.92 Å². The maximum absolute atomic E-state index is 12.3. The summed E-state index contributed by atoms with van der Waals surface area (Å²) in [5.41, 5.74) is 5.10. The molecule has 1 aromatic carbocycles. The number of rotatable bonds is 5. The SMILES string of the molecule is CC(CC#N)N(C)S(=O)(=O)c1ccc([N+](=O)[O-])cc1N. The van der Waals surface area contributed by atoms with E-state index in [0.29, 0.717) is 0 Å². The number of anilines is 1. The van der Waals surface area contributed by atoms with Gasteiger partial charge >= 0.3 is 0 Å². The average molecular weight is 298 g/mol. The lowest BCUT2D eigenvalue weighted by molar-refractivity contribution is -0.384. The Kier molecular flexibility index (Phi) is 4.65. The number of sulfonamides is 1. The molecule has 0 saturated carbocycles. The maximum atomic E-state index is 12.3. The van der Waals surface area contributed by atoms with Crippen LogP contribution in [0.2, 0.25) is 0 Å². The first-order valence-electron chi connectivity index (χ1n) is 5.60. The van der Waals surface area contributed by atoms with E-state index >= 15 is 0 Å². The van der Waals surface area contributed by atoms with Gasteiger partial charge in [-0.3, -0.25) is 10.1 Å². The van der Waals surface area contributed by atoms with Crippen molar-refractivity contribution in [2.75, 3.05) is 12.8 Å². The zero-order chi connectivity index (χ0) is 15.5. The molecular formula is C11H14N4O4S. The summed E-state index contributed by atoms with van der Waals surface area (Å²) < 4.78 is 25.7. The molecule has 9 heteroatoms. The van der Waals surface area contributed by atoms with Gasteiger partial charge in [0.05, 0.1) is 23.1 Å². The molecule has 1 unspecified atom stereocenters. The third kappa shape index (κ3) is 3.04. The van der Waals surface area contributed by atoms with Gasteiger partial charge in [0, 0.05) is 25.2 Å². The molecule has 0 aliphatic rings. The molecule has 0 aromatic heterocycles. The predicted molar refractivity (Wildman–Crippen MR) is 72.1 cm³/mol. The zero-order valence-corrected chi connectivity index (χ0v) is 11.8. The topological polar surface area (TPSA) is 130 Å². The Bertz CT molecular complexity index is 665. The molecule has 0 amide bonds. The molecule has 2 N–H and O–H groups in total. The fourth-order valence-electron chi connectivity index (χ4n) is 1.54. The van der Waals surface area contributed by atoms with Gasteiger partial charge in [0.25, 0.3) is 5.69 Å². The van der Waals surface area contributed by atoms with Crippen LogP contribution in [-0.2, 0) is 10.0 Å². The minimum Gasteiger partial charge on any atom is -0.397 e. The van der Waals surface area contributed by atoms with Crippen LogP contribution in [0.3, 0.4) is 0 Å². The van der Waals surface area contributed by atoms with Crippen molar-refractivity contribution in [1.82, 2.24) is 4.31 Å². The van der Waals surface area contributed by atoms with Gasteiger partial charge in [-0.1, -0.05) is 0 Å². The van der Waals surface area contributed by atoms with Gasteiger partial charge in [-0.25, -0.2) is 8.42 Å². The van der Waals surface area contributed by atoms with Gasteiger partial charge < -0.3 is 5.73 Å². The molecule has 1 rings (SSSR count). The number of non-ortho nitro benzene ring substituents is 1. The van der Waals surface area contributed by atoms with Crippen LogP contribution in [0.25, 0.3) is 0 Å². The molecule has 0 bridgehead atoms. The second-order valence-electron chi connectivity index (χ2n) is 4.21. The molecule has 8 nitrogen and oxygen atoms in total. The van der Waals surface area contributed by atoms with Crippen LogP contribution in [-0.4, -0.2) is 30.7 Å². The molecule has 1 aromatic rings. The zero-order valence-electron chi connectivity index (χ0n) is 11.0. The third-order valence-corrected chi connectivity index (χ3v) is 4.91. The minimum absolute atomic E-state index is 0.0304. The van der Waals surface area contributed by atoms with Crippen LogP contribution in [0.1, 0.15) is 13.3 Å². The van der Waals surface area contributed by atoms with Crippen molar-refractivity contribution in [1.29, 1.82) is 5.26 Å². The Labute approximate surface area is 116 Å². The summed E-state index contributed by atoms with van der Waals surface area (Å²) >= 11 is 0. The van der Waals surface area contributed by atoms with Crippen LogP contribution >= 0.6 is 0 Å². The first-order valence-corrected chi connectivity index (χ1v) is 7.04. The van der Waals surface area contributed by atoms with Gasteiger partial charge in [-0.05, 0) is 13.0 Å². The molecule has 20 heavy (non-hydrogen) atoms. The molecule has 0 aliphatic heterocycles. The minimum atomic E-state index is -3.90. The fourth-order valence-corrected chi connectivity index (χ4v) is 2.99. The van der Waals surface area contributed by atoms with Gasteiger partial charge in [-0.2, -0.15) is 9.57 Å². The fraction of sp³-hybridized carbons (Fsp3) is 0.364. The summed E-state index contributed by atoms with van der Waals surface area (Å²) in [7, 11) is -2.57. The lowest BCUT2D eigenvalue weighted by Gasteiger charge is -2.22. The molecule has 0 heterocycles. The Balaban J connectivity index is 3.23. The van der Waals surface area contributed by atoms with Crippen molar-refractivity contribution < 1.29 is 13.3 Å².